The number of benzene rings is 2. The standard InChI is InChI=1S/C15H11BrClN3O2S/c1-7-4-11-12(19-15(22)14(21)18-11)6-13(7)23-20-8-2-3-9(16)10(17)5-8/h2-6,20H,1H3,(H,18,21)(H,19,22). The number of aryl methyl sites for hydroxylation is 1. The maximum atomic E-state index is 11.4. The molecule has 0 spiro atoms. The number of hydrogen-bond donors (Lipinski definition) is 3. The van der Waals surface area contributed by atoms with E-state index in [0.717, 1.165) is 20.6 Å². The molecular formula is C15H11BrClN3O2S. The molecule has 0 unspecified atom stereocenters. The molecule has 23 heavy (non-hydrogen) atoms. The molecule has 0 aliphatic rings. The molecule has 3 rings (SSSR count). The van der Waals surface area contributed by atoms with E-state index in [4.69, 9.17) is 11.6 Å². The molecule has 5 nitrogen and oxygen atoms in total. The van der Waals surface area contributed by atoms with Crippen LogP contribution in [0.3, 0.4) is 0 Å². The molecule has 3 aromatic rings. The Morgan fingerprint density at radius 3 is 2.39 bits per heavy atom. The second-order valence-electron chi connectivity index (χ2n) is 4.90. The molecular weight excluding hydrogens is 402 g/mol. The summed E-state index contributed by atoms with van der Waals surface area (Å²) in [6.07, 6.45) is 0. The zero-order chi connectivity index (χ0) is 16.6. The van der Waals surface area contributed by atoms with Crippen LogP contribution in [0.1, 0.15) is 5.56 Å². The van der Waals surface area contributed by atoms with E-state index in [-0.39, 0.29) is 0 Å². The Hall–Kier alpha value is -1.70. The van der Waals surface area contributed by atoms with Crippen molar-refractivity contribution in [3.63, 3.8) is 0 Å². The van der Waals surface area contributed by atoms with Crippen LogP contribution in [0.5, 0.6) is 0 Å². The summed E-state index contributed by atoms with van der Waals surface area (Å²) in [4.78, 5) is 28.9. The maximum Gasteiger partial charge on any atom is 0.314 e. The molecule has 1 aromatic heterocycles. The number of aromatic amines is 2. The lowest BCUT2D eigenvalue weighted by Crippen LogP contribution is -2.28. The summed E-state index contributed by atoms with van der Waals surface area (Å²) in [6, 6.07) is 9.22. The van der Waals surface area contributed by atoms with Crippen LogP contribution < -0.4 is 15.8 Å². The number of rotatable bonds is 3. The van der Waals surface area contributed by atoms with Crippen molar-refractivity contribution in [3.05, 3.63) is 66.1 Å². The molecule has 0 amide bonds. The van der Waals surface area contributed by atoms with Gasteiger partial charge in [-0.2, -0.15) is 0 Å². The smallest absolute Gasteiger partial charge is 0.314 e. The molecule has 118 valence electrons. The van der Waals surface area contributed by atoms with E-state index in [0.29, 0.717) is 16.1 Å². The molecule has 3 N–H and O–H groups in total. The van der Waals surface area contributed by atoms with Crippen LogP contribution >= 0.6 is 39.5 Å². The lowest BCUT2D eigenvalue weighted by Gasteiger charge is -2.10. The number of nitrogens with one attached hydrogen (secondary N) is 3. The van der Waals surface area contributed by atoms with Crippen molar-refractivity contribution in [2.24, 2.45) is 0 Å². The molecule has 0 saturated carbocycles. The zero-order valence-corrected chi connectivity index (χ0v) is 15.0. The molecule has 0 fully saturated rings. The van der Waals surface area contributed by atoms with Crippen molar-refractivity contribution in [2.75, 3.05) is 4.72 Å². The van der Waals surface area contributed by atoms with Crippen molar-refractivity contribution in [3.8, 4) is 0 Å². The Bertz CT molecular complexity index is 1020. The Kier molecular flexibility index (Phi) is 4.52. The molecule has 8 heteroatoms. The predicted molar refractivity (Wildman–Crippen MR) is 98.6 cm³/mol. The lowest BCUT2D eigenvalue weighted by molar-refractivity contribution is 1.13. The molecule has 0 atom stereocenters. The van der Waals surface area contributed by atoms with E-state index in [2.05, 4.69) is 30.6 Å². The van der Waals surface area contributed by atoms with Gasteiger partial charge in [-0.05, 0) is 70.7 Å². The predicted octanol–water partition coefficient (Wildman–Crippen LogP) is 4.06. The van der Waals surface area contributed by atoms with Gasteiger partial charge < -0.3 is 14.7 Å². The fraction of sp³-hybridized carbons (Fsp3) is 0.0667. The summed E-state index contributed by atoms with van der Waals surface area (Å²) >= 11 is 10.8. The third-order valence-corrected chi connectivity index (χ3v) is 5.45. The molecule has 0 radical (unpaired) electrons. The largest absolute Gasteiger partial charge is 0.326 e. The first-order valence-corrected chi connectivity index (χ1v) is 8.57. The Morgan fingerprint density at radius 1 is 1.09 bits per heavy atom. The monoisotopic (exact) mass is 411 g/mol. The molecule has 1 heterocycles. The number of aromatic nitrogens is 2. The van der Waals surface area contributed by atoms with Crippen LogP contribution in [0.4, 0.5) is 5.69 Å². The maximum absolute atomic E-state index is 11.4. The first-order chi connectivity index (χ1) is 10.9. The normalized spacial score (nSPS) is 10.9. The van der Waals surface area contributed by atoms with Gasteiger partial charge in [0.15, 0.2) is 0 Å². The summed E-state index contributed by atoms with van der Waals surface area (Å²) in [5.74, 6) is 0. The average molecular weight is 413 g/mol. The first kappa shape index (κ1) is 16.2. The highest BCUT2D eigenvalue weighted by Crippen LogP contribution is 2.30. The van der Waals surface area contributed by atoms with E-state index >= 15 is 0 Å². The highest BCUT2D eigenvalue weighted by atomic mass is 79.9. The summed E-state index contributed by atoms with van der Waals surface area (Å²) in [7, 11) is 0. The van der Waals surface area contributed by atoms with Gasteiger partial charge in [-0.15, -0.1) is 0 Å². The van der Waals surface area contributed by atoms with Crippen molar-refractivity contribution in [1.82, 2.24) is 9.97 Å². The van der Waals surface area contributed by atoms with E-state index < -0.39 is 11.1 Å². The molecule has 0 aliphatic carbocycles. The minimum absolute atomic E-state index is 0.582. The van der Waals surface area contributed by atoms with Crippen LogP contribution in [0, 0.1) is 6.92 Å². The van der Waals surface area contributed by atoms with Gasteiger partial charge in [0.1, 0.15) is 0 Å². The Labute approximate surface area is 148 Å². The van der Waals surface area contributed by atoms with Crippen molar-refractivity contribution in [2.45, 2.75) is 11.8 Å². The number of halogens is 2. The second-order valence-corrected chi connectivity index (χ2v) is 7.01. The van der Waals surface area contributed by atoms with Crippen LogP contribution in [-0.2, 0) is 0 Å². The minimum Gasteiger partial charge on any atom is -0.326 e. The minimum atomic E-state index is -0.662. The Morgan fingerprint density at radius 2 is 1.74 bits per heavy atom. The van der Waals surface area contributed by atoms with Gasteiger partial charge in [0.2, 0.25) is 0 Å². The molecule has 2 aromatic carbocycles. The van der Waals surface area contributed by atoms with Gasteiger partial charge in [0.05, 0.1) is 16.1 Å². The van der Waals surface area contributed by atoms with Crippen molar-refractivity contribution < 1.29 is 0 Å². The van der Waals surface area contributed by atoms with E-state index in [1.807, 2.05) is 37.3 Å². The van der Waals surface area contributed by atoms with Crippen molar-refractivity contribution in [1.29, 1.82) is 0 Å². The molecule has 0 saturated heterocycles. The fourth-order valence-electron chi connectivity index (χ4n) is 2.04. The van der Waals surface area contributed by atoms with Gasteiger partial charge in [0.25, 0.3) is 0 Å². The first-order valence-electron chi connectivity index (χ1n) is 6.59. The van der Waals surface area contributed by atoms with E-state index in [1.165, 1.54) is 11.9 Å². The van der Waals surface area contributed by atoms with Crippen molar-refractivity contribution >= 4 is 56.2 Å². The van der Waals surface area contributed by atoms with Crippen LogP contribution in [0.2, 0.25) is 5.02 Å². The summed E-state index contributed by atoms with van der Waals surface area (Å²) in [6.45, 7) is 1.93. The average Bonchev–Trinajstić information content (AvgIpc) is 2.50. The second kappa shape index (κ2) is 6.43. The topological polar surface area (TPSA) is 77.8 Å². The van der Waals surface area contributed by atoms with Crippen LogP contribution in [0.25, 0.3) is 11.0 Å². The molecule has 0 bridgehead atoms. The Balaban J connectivity index is 1.91. The fourth-order valence-corrected chi connectivity index (χ4v) is 3.22. The summed E-state index contributed by atoms with van der Waals surface area (Å²) in [5, 5.41) is 0.618. The lowest BCUT2D eigenvalue weighted by atomic mass is 10.2. The number of anilines is 1. The van der Waals surface area contributed by atoms with E-state index in [9.17, 15) is 9.59 Å². The van der Waals surface area contributed by atoms with Gasteiger partial charge >= 0.3 is 11.1 Å². The van der Waals surface area contributed by atoms with E-state index in [1.54, 1.807) is 0 Å². The van der Waals surface area contributed by atoms with Gasteiger partial charge in [0, 0.05) is 15.1 Å². The third-order valence-electron chi connectivity index (χ3n) is 3.22. The quantitative estimate of drug-likeness (QED) is 0.448. The van der Waals surface area contributed by atoms with Gasteiger partial charge in [-0.3, -0.25) is 9.59 Å². The van der Waals surface area contributed by atoms with Gasteiger partial charge in [-0.25, -0.2) is 0 Å². The zero-order valence-electron chi connectivity index (χ0n) is 11.9. The SMILES string of the molecule is Cc1cc2[nH]c(=O)c(=O)[nH]c2cc1SNc1ccc(Br)c(Cl)c1. The highest BCUT2D eigenvalue weighted by molar-refractivity contribution is 9.10. The van der Waals surface area contributed by atoms with Crippen LogP contribution in [-0.4, -0.2) is 9.97 Å². The van der Waals surface area contributed by atoms with Gasteiger partial charge in [-0.1, -0.05) is 11.6 Å². The number of fused-ring (bicyclic) bond motifs is 1. The molecule has 0 aliphatic heterocycles. The summed E-state index contributed by atoms with van der Waals surface area (Å²) < 4.78 is 4.04. The highest BCUT2D eigenvalue weighted by Gasteiger charge is 2.06. The number of H-pyrrole nitrogens is 2. The summed E-state index contributed by atoms with van der Waals surface area (Å²) in [5.41, 5.74) is 1.70. The number of hydrogen-bond acceptors (Lipinski definition) is 4. The third kappa shape index (κ3) is 3.46. The van der Waals surface area contributed by atoms with Crippen LogP contribution in [0.15, 0.2) is 49.3 Å².